The highest BCUT2D eigenvalue weighted by Gasteiger charge is 2.10. The molecule has 0 unspecified atom stereocenters. The minimum Gasteiger partial charge on any atom is -0.472 e. The van der Waals surface area contributed by atoms with E-state index in [-0.39, 0.29) is 0 Å². The topological polar surface area (TPSA) is 38.9 Å². The van der Waals surface area contributed by atoms with Crippen molar-refractivity contribution >= 4 is 11.6 Å². The van der Waals surface area contributed by atoms with Gasteiger partial charge in [-0.15, -0.1) is 0 Å². The minimum absolute atomic E-state index is 0.529. The van der Waals surface area contributed by atoms with Crippen LogP contribution >= 0.6 is 11.6 Å². The summed E-state index contributed by atoms with van der Waals surface area (Å²) in [6.07, 6.45) is 4.04. The summed E-state index contributed by atoms with van der Waals surface area (Å²) in [6.45, 7) is 3.98. The number of nitrogens with zero attached hydrogens (tertiary/aromatic N) is 2. The summed E-state index contributed by atoms with van der Waals surface area (Å²) in [7, 11) is 0. The average Bonchev–Trinajstić information content (AvgIpc) is 2.69. The second kappa shape index (κ2) is 4.03. The molecule has 0 spiro atoms. The first-order valence-electron chi connectivity index (χ1n) is 4.78. The molecule has 0 atom stereocenters. The van der Waals surface area contributed by atoms with Gasteiger partial charge in [-0.1, -0.05) is 18.5 Å². The van der Waals surface area contributed by atoms with Crippen molar-refractivity contribution in [3.05, 3.63) is 35.0 Å². The highest BCUT2D eigenvalue weighted by atomic mass is 35.5. The molecule has 0 fully saturated rings. The summed E-state index contributed by atoms with van der Waals surface area (Å²) in [4.78, 5) is 8.63. The lowest BCUT2D eigenvalue weighted by Gasteiger charge is -2.06. The monoisotopic (exact) mass is 222 g/mol. The molecular formula is C11H11ClN2O. The van der Waals surface area contributed by atoms with E-state index in [0.717, 1.165) is 23.2 Å². The van der Waals surface area contributed by atoms with Crippen LogP contribution in [0.2, 0.25) is 5.15 Å². The van der Waals surface area contributed by atoms with Gasteiger partial charge in [0.15, 0.2) is 5.82 Å². The standard InChI is InChI=1S/C11H11ClN2O/c1-3-9-7(2)13-11(14-10(9)12)8-4-5-15-6-8/h4-6H,3H2,1-2H3. The summed E-state index contributed by atoms with van der Waals surface area (Å²) >= 11 is 6.07. The first kappa shape index (κ1) is 10.2. The van der Waals surface area contributed by atoms with Crippen LogP contribution in [0.3, 0.4) is 0 Å². The van der Waals surface area contributed by atoms with Gasteiger partial charge in [-0.05, 0) is 19.4 Å². The van der Waals surface area contributed by atoms with E-state index in [2.05, 4.69) is 9.97 Å². The molecule has 2 heterocycles. The van der Waals surface area contributed by atoms with E-state index in [1.807, 2.05) is 19.9 Å². The van der Waals surface area contributed by atoms with Crippen molar-refractivity contribution in [1.82, 2.24) is 9.97 Å². The van der Waals surface area contributed by atoms with Crippen molar-refractivity contribution in [2.24, 2.45) is 0 Å². The molecule has 0 radical (unpaired) electrons. The SMILES string of the molecule is CCc1c(C)nc(-c2ccoc2)nc1Cl. The molecule has 0 saturated heterocycles. The summed E-state index contributed by atoms with van der Waals surface area (Å²) in [5.74, 6) is 0.614. The predicted octanol–water partition coefficient (Wildman–Crippen LogP) is 3.26. The fraction of sp³-hybridized carbons (Fsp3) is 0.273. The van der Waals surface area contributed by atoms with Crippen LogP contribution in [0.25, 0.3) is 11.4 Å². The Bertz CT molecular complexity index is 442. The van der Waals surface area contributed by atoms with E-state index < -0.39 is 0 Å². The average molecular weight is 223 g/mol. The third kappa shape index (κ3) is 1.88. The smallest absolute Gasteiger partial charge is 0.164 e. The Morgan fingerprint density at radius 3 is 2.73 bits per heavy atom. The van der Waals surface area contributed by atoms with Gasteiger partial charge >= 0.3 is 0 Å². The van der Waals surface area contributed by atoms with Gasteiger partial charge in [-0.25, -0.2) is 9.97 Å². The zero-order chi connectivity index (χ0) is 10.8. The number of aromatic nitrogens is 2. The fourth-order valence-corrected chi connectivity index (χ4v) is 1.83. The Kier molecular flexibility index (Phi) is 2.73. The number of rotatable bonds is 2. The van der Waals surface area contributed by atoms with Crippen molar-refractivity contribution < 1.29 is 4.42 Å². The maximum absolute atomic E-state index is 6.07. The maximum Gasteiger partial charge on any atom is 0.164 e. The maximum atomic E-state index is 6.07. The van der Waals surface area contributed by atoms with Crippen LogP contribution < -0.4 is 0 Å². The molecule has 0 amide bonds. The molecule has 78 valence electrons. The third-order valence-electron chi connectivity index (χ3n) is 2.30. The highest BCUT2D eigenvalue weighted by Crippen LogP contribution is 2.22. The number of furan rings is 1. The molecule has 4 heteroatoms. The molecule has 0 saturated carbocycles. The summed E-state index contributed by atoms with van der Waals surface area (Å²) in [6, 6.07) is 1.82. The molecule has 0 bridgehead atoms. The number of hydrogen-bond acceptors (Lipinski definition) is 3. The van der Waals surface area contributed by atoms with Gasteiger partial charge in [0.2, 0.25) is 0 Å². The Balaban J connectivity index is 2.53. The van der Waals surface area contributed by atoms with Gasteiger partial charge in [0.25, 0.3) is 0 Å². The van der Waals surface area contributed by atoms with E-state index in [9.17, 15) is 0 Å². The van der Waals surface area contributed by atoms with E-state index >= 15 is 0 Å². The van der Waals surface area contributed by atoms with Crippen LogP contribution in [0.4, 0.5) is 0 Å². The van der Waals surface area contributed by atoms with Crippen LogP contribution in [0.5, 0.6) is 0 Å². The van der Waals surface area contributed by atoms with E-state index in [4.69, 9.17) is 16.0 Å². The lowest BCUT2D eigenvalue weighted by molar-refractivity contribution is 0.568. The Morgan fingerprint density at radius 1 is 1.40 bits per heavy atom. The van der Waals surface area contributed by atoms with Crippen molar-refractivity contribution in [3.8, 4) is 11.4 Å². The third-order valence-corrected chi connectivity index (χ3v) is 2.61. The van der Waals surface area contributed by atoms with Gasteiger partial charge in [0.1, 0.15) is 11.4 Å². The van der Waals surface area contributed by atoms with Crippen LogP contribution in [0.1, 0.15) is 18.2 Å². The minimum atomic E-state index is 0.529. The quantitative estimate of drug-likeness (QED) is 0.733. The van der Waals surface area contributed by atoms with Gasteiger partial charge in [0, 0.05) is 11.3 Å². The normalized spacial score (nSPS) is 10.6. The van der Waals surface area contributed by atoms with E-state index in [1.54, 1.807) is 12.5 Å². The molecule has 0 aromatic carbocycles. The van der Waals surface area contributed by atoms with Crippen molar-refractivity contribution in [1.29, 1.82) is 0 Å². The van der Waals surface area contributed by atoms with Crippen LogP contribution in [-0.2, 0) is 6.42 Å². The van der Waals surface area contributed by atoms with Crippen LogP contribution in [0.15, 0.2) is 23.0 Å². The second-order valence-electron chi connectivity index (χ2n) is 3.27. The number of aryl methyl sites for hydroxylation is 1. The molecule has 0 aliphatic rings. The largest absolute Gasteiger partial charge is 0.472 e. The lowest BCUT2D eigenvalue weighted by atomic mass is 10.2. The zero-order valence-corrected chi connectivity index (χ0v) is 9.38. The van der Waals surface area contributed by atoms with E-state index in [1.165, 1.54) is 0 Å². The van der Waals surface area contributed by atoms with E-state index in [0.29, 0.717) is 11.0 Å². The number of halogens is 1. The fourth-order valence-electron chi connectivity index (χ4n) is 1.48. The molecule has 0 aliphatic carbocycles. The first-order chi connectivity index (χ1) is 7.22. The summed E-state index contributed by atoms with van der Waals surface area (Å²) in [5, 5.41) is 0.529. The lowest BCUT2D eigenvalue weighted by Crippen LogP contribution is -1.98. The zero-order valence-electron chi connectivity index (χ0n) is 8.62. The molecule has 2 aromatic rings. The summed E-state index contributed by atoms with van der Waals surface area (Å²) in [5.41, 5.74) is 2.78. The summed E-state index contributed by atoms with van der Waals surface area (Å²) < 4.78 is 4.98. The van der Waals surface area contributed by atoms with Crippen molar-refractivity contribution in [3.63, 3.8) is 0 Å². The highest BCUT2D eigenvalue weighted by molar-refractivity contribution is 6.30. The molecule has 0 N–H and O–H groups in total. The first-order valence-corrected chi connectivity index (χ1v) is 5.15. The Labute approximate surface area is 93.1 Å². The van der Waals surface area contributed by atoms with Gasteiger partial charge in [0.05, 0.1) is 11.8 Å². The molecule has 2 aromatic heterocycles. The van der Waals surface area contributed by atoms with Crippen LogP contribution in [-0.4, -0.2) is 9.97 Å². The molecular weight excluding hydrogens is 212 g/mol. The van der Waals surface area contributed by atoms with Crippen molar-refractivity contribution in [2.45, 2.75) is 20.3 Å². The van der Waals surface area contributed by atoms with Gasteiger partial charge < -0.3 is 4.42 Å². The molecule has 2 rings (SSSR count). The van der Waals surface area contributed by atoms with Crippen molar-refractivity contribution in [2.75, 3.05) is 0 Å². The van der Waals surface area contributed by atoms with Gasteiger partial charge in [-0.3, -0.25) is 0 Å². The number of hydrogen-bond donors (Lipinski definition) is 0. The molecule has 0 aliphatic heterocycles. The predicted molar refractivity (Wildman–Crippen MR) is 58.9 cm³/mol. The van der Waals surface area contributed by atoms with Gasteiger partial charge in [-0.2, -0.15) is 0 Å². The second-order valence-corrected chi connectivity index (χ2v) is 3.63. The van der Waals surface area contributed by atoms with Crippen LogP contribution in [0, 0.1) is 6.92 Å². The Hall–Kier alpha value is -1.35. The Morgan fingerprint density at radius 2 is 2.20 bits per heavy atom. The molecule has 3 nitrogen and oxygen atoms in total. The molecule has 15 heavy (non-hydrogen) atoms.